The number of likely N-dealkylation sites (N-methyl/N-ethyl adjacent to an activating group) is 1. The van der Waals surface area contributed by atoms with Crippen LogP contribution in [0.1, 0.15) is 11.1 Å². The molecule has 1 N–H and O–H groups in total. The van der Waals surface area contributed by atoms with E-state index < -0.39 is 0 Å². The predicted molar refractivity (Wildman–Crippen MR) is 97.5 cm³/mol. The van der Waals surface area contributed by atoms with Crippen LogP contribution in [-0.4, -0.2) is 49.0 Å². The van der Waals surface area contributed by atoms with Crippen LogP contribution in [-0.2, 0) is 11.2 Å². The second-order valence-electron chi connectivity index (χ2n) is 6.35. The summed E-state index contributed by atoms with van der Waals surface area (Å²) in [6.07, 6.45) is 2.12. The van der Waals surface area contributed by atoms with Gasteiger partial charge in [0.1, 0.15) is 5.82 Å². The van der Waals surface area contributed by atoms with Crippen molar-refractivity contribution in [1.82, 2.24) is 9.88 Å². The molecule has 0 unspecified atom stereocenters. The number of nitrogens with one attached hydrogen (secondary N) is 1. The molecule has 0 atom stereocenters. The molecule has 0 saturated carbocycles. The molecule has 1 fully saturated rings. The van der Waals surface area contributed by atoms with Crippen molar-refractivity contribution in [2.24, 2.45) is 0 Å². The summed E-state index contributed by atoms with van der Waals surface area (Å²) in [5.74, 6) is 0.957. The molecular weight excluding hydrogens is 300 g/mol. The number of piperazine rings is 1. The van der Waals surface area contributed by atoms with E-state index in [0.717, 1.165) is 48.8 Å². The van der Waals surface area contributed by atoms with Gasteiger partial charge in [0.25, 0.3) is 0 Å². The third-order valence-electron chi connectivity index (χ3n) is 4.47. The predicted octanol–water partition coefficient (Wildman–Crippen LogP) is 2.32. The maximum Gasteiger partial charge on any atom is 0.228 e. The van der Waals surface area contributed by atoms with Gasteiger partial charge in [0.2, 0.25) is 5.91 Å². The van der Waals surface area contributed by atoms with Crippen LogP contribution < -0.4 is 10.2 Å². The lowest BCUT2D eigenvalue weighted by atomic mass is 10.1. The SMILES string of the molecule is Cc1ccccc1CC(=O)Nc1ccc(N2CCN(C)CC2)nc1. The minimum absolute atomic E-state index is 0.0153. The first-order valence-electron chi connectivity index (χ1n) is 8.36. The van der Waals surface area contributed by atoms with Crippen LogP contribution in [0.4, 0.5) is 11.5 Å². The van der Waals surface area contributed by atoms with E-state index in [4.69, 9.17) is 0 Å². The highest BCUT2D eigenvalue weighted by Crippen LogP contribution is 2.16. The summed E-state index contributed by atoms with van der Waals surface area (Å²) in [5.41, 5.74) is 2.93. The maximum atomic E-state index is 12.2. The smallest absolute Gasteiger partial charge is 0.228 e. The summed E-state index contributed by atoms with van der Waals surface area (Å²) >= 11 is 0. The van der Waals surface area contributed by atoms with Gasteiger partial charge in [-0.05, 0) is 37.2 Å². The van der Waals surface area contributed by atoms with Crippen molar-refractivity contribution in [1.29, 1.82) is 0 Å². The quantitative estimate of drug-likeness (QED) is 0.938. The molecule has 2 aromatic rings. The monoisotopic (exact) mass is 324 g/mol. The molecule has 1 aromatic heterocycles. The van der Waals surface area contributed by atoms with E-state index in [-0.39, 0.29) is 5.91 Å². The third-order valence-corrected chi connectivity index (χ3v) is 4.47. The number of aryl methyl sites for hydroxylation is 1. The summed E-state index contributed by atoms with van der Waals surface area (Å²) < 4.78 is 0. The van der Waals surface area contributed by atoms with Crippen molar-refractivity contribution in [3.8, 4) is 0 Å². The molecule has 0 bridgehead atoms. The summed E-state index contributed by atoms with van der Waals surface area (Å²) in [6, 6.07) is 11.9. The van der Waals surface area contributed by atoms with Crippen molar-refractivity contribution in [3.05, 3.63) is 53.7 Å². The molecule has 5 heteroatoms. The highest BCUT2D eigenvalue weighted by atomic mass is 16.1. The molecule has 5 nitrogen and oxygen atoms in total. The Morgan fingerprint density at radius 2 is 1.88 bits per heavy atom. The van der Waals surface area contributed by atoms with Gasteiger partial charge in [0.15, 0.2) is 0 Å². The molecule has 0 radical (unpaired) electrons. The number of amides is 1. The average molecular weight is 324 g/mol. The van der Waals surface area contributed by atoms with Crippen LogP contribution in [0.25, 0.3) is 0 Å². The Hall–Kier alpha value is -2.40. The normalized spacial score (nSPS) is 15.3. The van der Waals surface area contributed by atoms with Crippen LogP contribution in [0.15, 0.2) is 42.6 Å². The van der Waals surface area contributed by atoms with Crippen LogP contribution in [0.5, 0.6) is 0 Å². The van der Waals surface area contributed by atoms with E-state index in [1.54, 1.807) is 6.20 Å². The number of nitrogens with zero attached hydrogens (tertiary/aromatic N) is 3. The van der Waals surface area contributed by atoms with Crippen LogP contribution in [0, 0.1) is 6.92 Å². The largest absolute Gasteiger partial charge is 0.354 e. The molecule has 1 aromatic carbocycles. The number of pyridine rings is 1. The van der Waals surface area contributed by atoms with Crippen LogP contribution in [0.2, 0.25) is 0 Å². The van der Waals surface area contributed by atoms with E-state index in [1.165, 1.54) is 0 Å². The number of hydrogen-bond acceptors (Lipinski definition) is 4. The molecular formula is C19H24N4O. The van der Waals surface area contributed by atoms with Gasteiger partial charge < -0.3 is 15.1 Å². The lowest BCUT2D eigenvalue weighted by Crippen LogP contribution is -2.44. The van der Waals surface area contributed by atoms with Gasteiger partial charge in [-0.2, -0.15) is 0 Å². The molecule has 1 saturated heterocycles. The number of rotatable bonds is 4. The molecule has 1 aliphatic heterocycles. The second kappa shape index (κ2) is 7.45. The Balaban J connectivity index is 1.58. The number of carbonyl (C=O) groups is 1. The molecule has 0 spiro atoms. The van der Waals surface area contributed by atoms with Gasteiger partial charge in [-0.15, -0.1) is 0 Å². The third kappa shape index (κ3) is 4.11. The Labute approximate surface area is 143 Å². The van der Waals surface area contributed by atoms with E-state index in [9.17, 15) is 4.79 Å². The van der Waals surface area contributed by atoms with E-state index in [0.29, 0.717) is 6.42 Å². The van der Waals surface area contributed by atoms with Gasteiger partial charge in [-0.1, -0.05) is 24.3 Å². The highest BCUT2D eigenvalue weighted by Gasteiger charge is 2.15. The van der Waals surface area contributed by atoms with Gasteiger partial charge in [0.05, 0.1) is 18.3 Å². The van der Waals surface area contributed by atoms with E-state index >= 15 is 0 Å². The molecule has 2 heterocycles. The van der Waals surface area contributed by atoms with Crippen molar-refractivity contribution in [2.75, 3.05) is 43.4 Å². The van der Waals surface area contributed by atoms with Gasteiger partial charge >= 0.3 is 0 Å². The van der Waals surface area contributed by atoms with Crippen molar-refractivity contribution >= 4 is 17.4 Å². The highest BCUT2D eigenvalue weighted by molar-refractivity contribution is 5.92. The molecule has 3 rings (SSSR count). The lowest BCUT2D eigenvalue weighted by Gasteiger charge is -2.33. The van der Waals surface area contributed by atoms with E-state index in [1.807, 2.05) is 43.3 Å². The minimum Gasteiger partial charge on any atom is -0.354 e. The van der Waals surface area contributed by atoms with Crippen LogP contribution in [0.3, 0.4) is 0 Å². The number of aromatic nitrogens is 1. The number of carbonyl (C=O) groups excluding carboxylic acids is 1. The fourth-order valence-corrected chi connectivity index (χ4v) is 2.87. The molecule has 0 aliphatic carbocycles. The van der Waals surface area contributed by atoms with Crippen LogP contribution >= 0.6 is 0 Å². The van der Waals surface area contributed by atoms with Gasteiger partial charge in [-0.3, -0.25) is 4.79 Å². The Morgan fingerprint density at radius 1 is 1.12 bits per heavy atom. The van der Waals surface area contributed by atoms with Crippen molar-refractivity contribution < 1.29 is 4.79 Å². The topological polar surface area (TPSA) is 48.5 Å². The number of anilines is 2. The molecule has 24 heavy (non-hydrogen) atoms. The first-order chi connectivity index (χ1) is 11.6. The Kier molecular flexibility index (Phi) is 5.11. The van der Waals surface area contributed by atoms with Gasteiger partial charge in [-0.25, -0.2) is 4.98 Å². The summed E-state index contributed by atoms with van der Waals surface area (Å²) in [7, 11) is 2.14. The zero-order chi connectivity index (χ0) is 16.9. The first kappa shape index (κ1) is 16.5. The Morgan fingerprint density at radius 3 is 2.54 bits per heavy atom. The fourth-order valence-electron chi connectivity index (χ4n) is 2.87. The standard InChI is InChI=1S/C19H24N4O/c1-15-5-3-4-6-16(15)13-19(24)21-17-7-8-18(20-14-17)23-11-9-22(2)10-12-23/h3-8,14H,9-13H2,1-2H3,(H,21,24). The zero-order valence-corrected chi connectivity index (χ0v) is 14.3. The number of benzene rings is 1. The van der Waals surface area contributed by atoms with Crippen molar-refractivity contribution in [2.45, 2.75) is 13.3 Å². The summed E-state index contributed by atoms with van der Waals surface area (Å²) in [4.78, 5) is 21.3. The maximum absolute atomic E-state index is 12.2. The lowest BCUT2D eigenvalue weighted by molar-refractivity contribution is -0.115. The molecule has 126 valence electrons. The fraction of sp³-hybridized carbons (Fsp3) is 0.368. The zero-order valence-electron chi connectivity index (χ0n) is 14.3. The van der Waals surface area contributed by atoms with Gasteiger partial charge in [0, 0.05) is 26.2 Å². The molecule has 1 aliphatic rings. The Bertz CT molecular complexity index is 691. The summed E-state index contributed by atoms with van der Waals surface area (Å²) in [6.45, 7) is 6.10. The van der Waals surface area contributed by atoms with E-state index in [2.05, 4.69) is 27.1 Å². The van der Waals surface area contributed by atoms with Crippen molar-refractivity contribution in [3.63, 3.8) is 0 Å². The summed E-state index contributed by atoms with van der Waals surface area (Å²) in [5, 5.41) is 2.93. The number of hydrogen-bond donors (Lipinski definition) is 1. The second-order valence-corrected chi connectivity index (χ2v) is 6.35. The molecule has 1 amide bonds. The first-order valence-corrected chi connectivity index (χ1v) is 8.36. The minimum atomic E-state index is -0.0153. The average Bonchev–Trinajstić information content (AvgIpc) is 2.58.